The van der Waals surface area contributed by atoms with Crippen molar-refractivity contribution in [3.63, 3.8) is 0 Å². The summed E-state index contributed by atoms with van der Waals surface area (Å²) in [6.07, 6.45) is 11.2. The first kappa shape index (κ1) is 36.7. The van der Waals surface area contributed by atoms with Gasteiger partial charge in [-0.15, -0.1) is 5.10 Å². The standard InChI is InChI=1S/C37H45ClN8O3S/c1-5-6-7-8-9-10-11-12-16-19-32(47)39-27-20-21-31(49-4)30(24-27)40-35-34(50-37-41-43-44-45(37)28-17-14-13-15-18-28)36(48)46(42-35)33-26(3)22-25(2)23-29(33)38/h13-15,17-18,20-24,40,42H,5-12,16,19H2,1-4H3,(H,39,47). The number of aromatic amines is 1. The zero-order valence-corrected chi connectivity index (χ0v) is 30.7. The third-order valence-corrected chi connectivity index (χ3v) is 9.66. The van der Waals surface area contributed by atoms with Gasteiger partial charge in [-0.1, -0.05) is 94.2 Å². The number of hydrogen-bond donors (Lipinski definition) is 3. The number of hydrogen-bond acceptors (Lipinski definition) is 8. The van der Waals surface area contributed by atoms with Gasteiger partial charge in [0.05, 0.1) is 29.2 Å². The largest absolute Gasteiger partial charge is 0.495 e. The fourth-order valence-electron chi connectivity index (χ4n) is 5.85. The number of ether oxygens (including phenoxy) is 1. The van der Waals surface area contributed by atoms with E-state index >= 15 is 0 Å². The van der Waals surface area contributed by atoms with E-state index in [0.29, 0.717) is 50.1 Å². The van der Waals surface area contributed by atoms with Crippen LogP contribution in [-0.4, -0.2) is 43.0 Å². The molecule has 0 spiro atoms. The Hall–Kier alpha value is -4.55. The Kier molecular flexibility index (Phi) is 13.2. The van der Waals surface area contributed by atoms with Crippen LogP contribution in [0.25, 0.3) is 11.4 Å². The van der Waals surface area contributed by atoms with Gasteiger partial charge < -0.3 is 15.4 Å². The summed E-state index contributed by atoms with van der Waals surface area (Å²) in [6.45, 7) is 6.09. The SMILES string of the molecule is CCCCCCCCCCCC(=O)Nc1ccc(OC)c(Nc2[nH]n(-c3c(C)cc(C)cc3Cl)c(=O)c2Sc2nnnn2-c2ccccc2)c1. The van der Waals surface area contributed by atoms with Gasteiger partial charge in [-0.25, -0.2) is 4.68 Å². The van der Waals surface area contributed by atoms with Crippen LogP contribution in [-0.2, 0) is 4.79 Å². The van der Waals surface area contributed by atoms with Gasteiger partial charge in [0, 0.05) is 12.1 Å². The third-order valence-electron chi connectivity index (χ3n) is 8.36. The van der Waals surface area contributed by atoms with Gasteiger partial charge in [-0.2, -0.15) is 4.68 Å². The van der Waals surface area contributed by atoms with Crippen LogP contribution in [0.4, 0.5) is 17.2 Å². The van der Waals surface area contributed by atoms with E-state index in [4.69, 9.17) is 16.3 Å². The number of tetrazole rings is 1. The minimum absolute atomic E-state index is 0.0443. The summed E-state index contributed by atoms with van der Waals surface area (Å²) in [5.41, 5.74) is 3.88. The Morgan fingerprint density at radius 2 is 1.68 bits per heavy atom. The van der Waals surface area contributed by atoms with E-state index in [2.05, 4.69) is 38.2 Å². The molecular formula is C37H45ClN8O3S. The van der Waals surface area contributed by atoms with Gasteiger partial charge in [-0.05, 0) is 90.0 Å². The van der Waals surface area contributed by atoms with E-state index in [1.165, 1.54) is 43.2 Å². The van der Waals surface area contributed by atoms with Gasteiger partial charge in [0.1, 0.15) is 16.5 Å². The van der Waals surface area contributed by atoms with E-state index in [1.807, 2.05) is 56.3 Å². The Morgan fingerprint density at radius 1 is 0.960 bits per heavy atom. The second kappa shape index (κ2) is 17.9. The van der Waals surface area contributed by atoms with Crippen molar-refractivity contribution in [1.82, 2.24) is 30.0 Å². The fourth-order valence-corrected chi connectivity index (χ4v) is 7.12. The van der Waals surface area contributed by atoms with Crippen LogP contribution in [0.15, 0.2) is 75.5 Å². The molecule has 3 aromatic carbocycles. The molecule has 0 bridgehead atoms. The maximum atomic E-state index is 14.2. The topological polar surface area (TPSA) is 132 Å². The van der Waals surface area contributed by atoms with Crippen LogP contribution >= 0.6 is 23.4 Å². The second-order valence-electron chi connectivity index (χ2n) is 12.3. The molecule has 1 amide bonds. The summed E-state index contributed by atoms with van der Waals surface area (Å²) in [6, 6.07) is 18.6. The molecule has 0 saturated heterocycles. The smallest absolute Gasteiger partial charge is 0.287 e. The van der Waals surface area contributed by atoms with Crippen molar-refractivity contribution in [1.29, 1.82) is 0 Å². The number of methoxy groups -OCH3 is 1. The Morgan fingerprint density at radius 3 is 2.38 bits per heavy atom. The average molecular weight is 717 g/mol. The van der Waals surface area contributed by atoms with Crippen molar-refractivity contribution in [2.45, 2.75) is 95.0 Å². The van der Waals surface area contributed by atoms with Crippen molar-refractivity contribution < 1.29 is 9.53 Å². The van der Waals surface area contributed by atoms with Crippen LogP contribution in [0.3, 0.4) is 0 Å². The highest BCUT2D eigenvalue weighted by Crippen LogP contribution is 2.36. The number of nitrogens with one attached hydrogen (secondary N) is 3. The van der Waals surface area contributed by atoms with E-state index in [9.17, 15) is 9.59 Å². The monoisotopic (exact) mass is 716 g/mol. The molecule has 0 atom stereocenters. The van der Waals surface area contributed by atoms with E-state index in [0.717, 1.165) is 47.8 Å². The van der Waals surface area contributed by atoms with Crippen LogP contribution in [0.1, 0.15) is 82.3 Å². The molecule has 0 aliphatic heterocycles. The number of anilines is 3. The van der Waals surface area contributed by atoms with Crippen LogP contribution in [0.2, 0.25) is 5.02 Å². The number of amides is 1. The highest BCUT2D eigenvalue weighted by molar-refractivity contribution is 7.99. The Bertz CT molecular complexity index is 1920. The average Bonchev–Trinajstić information content (AvgIpc) is 3.68. The Balaban J connectivity index is 1.38. The molecule has 264 valence electrons. The summed E-state index contributed by atoms with van der Waals surface area (Å²) in [7, 11) is 1.57. The number of unbranched alkanes of at least 4 members (excludes halogenated alkanes) is 8. The number of rotatable bonds is 18. The summed E-state index contributed by atoms with van der Waals surface area (Å²) < 4.78 is 8.66. The lowest BCUT2D eigenvalue weighted by molar-refractivity contribution is -0.116. The number of aryl methyl sites for hydroxylation is 2. The minimum atomic E-state index is -0.349. The summed E-state index contributed by atoms with van der Waals surface area (Å²) in [5, 5.41) is 22.7. The second-order valence-corrected chi connectivity index (χ2v) is 13.7. The zero-order chi connectivity index (χ0) is 35.5. The molecule has 0 radical (unpaired) electrons. The van der Waals surface area contributed by atoms with Crippen molar-refractivity contribution >= 4 is 46.5 Å². The van der Waals surface area contributed by atoms with Gasteiger partial charge in [0.25, 0.3) is 5.56 Å². The van der Waals surface area contributed by atoms with Crippen LogP contribution < -0.4 is 20.9 Å². The predicted octanol–water partition coefficient (Wildman–Crippen LogP) is 9.17. The third kappa shape index (κ3) is 9.36. The maximum Gasteiger partial charge on any atom is 0.287 e. The van der Waals surface area contributed by atoms with Gasteiger partial charge in [0.15, 0.2) is 0 Å². The van der Waals surface area contributed by atoms with Crippen LogP contribution in [0, 0.1) is 13.8 Å². The number of benzene rings is 3. The number of halogens is 1. The summed E-state index contributed by atoms with van der Waals surface area (Å²) in [4.78, 5) is 27.3. The first-order chi connectivity index (χ1) is 24.3. The molecule has 11 nitrogen and oxygen atoms in total. The molecule has 3 N–H and O–H groups in total. The molecule has 5 rings (SSSR count). The molecule has 50 heavy (non-hydrogen) atoms. The number of carbonyl (C=O) groups is 1. The molecule has 0 aliphatic carbocycles. The molecule has 0 saturated carbocycles. The summed E-state index contributed by atoms with van der Waals surface area (Å²) >= 11 is 7.82. The maximum absolute atomic E-state index is 14.2. The first-order valence-corrected chi connectivity index (χ1v) is 18.4. The van der Waals surface area contributed by atoms with Gasteiger partial charge in [0.2, 0.25) is 11.1 Å². The molecular weight excluding hydrogens is 672 g/mol. The molecule has 0 aliphatic rings. The lowest BCUT2D eigenvalue weighted by atomic mass is 10.1. The molecule has 13 heteroatoms. The van der Waals surface area contributed by atoms with Crippen molar-refractivity contribution in [2.24, 2.45) is 0 Å². The molecule has 0 unspecified atom stereocenters. The lowest BCUT2D eigenvalue weighted by Gasteiger charge is -2.14. The number of aromatic nitrogens is 6. The van der Waals surface area contributed by atoms with Gasteiger partial charge in [-0.3, -0.25) is 14.7 Å². The highest BCUT2D eigenvalue weighted by atomic mass is 35.5. The normalized spacial score (nSPS) is 11.1. The van der Waals surface area contributed by atoms with E-state index < -0.39 is 0 Å². The number of carbonyl (C=O) groups excluding carboxylic acids is 1. The molecule has 0 fully saturated rings. The molecule has 2 heterocycles. The van der Waals surface area contributed by atoms with Crippen molar-refractivity contribution in [3.05, 3.63) is 87.2 Å². The van der Waals surface area contributed by atoms with Crippen LogP contribution in [0.5, 0.6) is 5.75 Å². The highest BCUT2D eigenvalue weighted by Gasteiger charge is 2.23. The van der Waals surface area contributed by atoms with Crippen molar-refractivity contribution in [3.8, 4) is 17.1 Å². The Labute approximate surface area is 302 Å². The van der Waals surface area contributed by atoms with Crippen molar-refractivity contribution in [2.75, 3.05) is 17.7 Å². The van der Waals surface area contributed by atoms with E-state index in [-0.39, 0.29) is 11.5 Å². The summed E-state index contributed by atoms with van der Waals surface area (Å²) in [5.74, 6) is 0.845. The quantitative estimate of drug-likeness (QED) is 0.0765. The molecule has 5 aromatic rings. The van der Waals surface area contributed by atoms with E-state index in [1.54, 1.807) is 30.0 Å². The lowest BCUT2D eigenvalue weighted by Crippen LogP contribution is -2.17. The zero-order valence-electron chi connectivity index (χ0n) is 29.1. The van der Waals surface area contributed by atoms with Gasteiger partial charge >= 0.3 is 0 Å². The first-order valence-electron chi connectivity index (χ1n) is 17.2. The fraction of sp³-hybridized carbons (Fsp3) is 0.378. The number of para-hydroxylation sites is 1. The predicted molar refractivity (Wildman–Crippen MR) is 201 cm³/mol. The number of H-pyrrole nitrogens is 1. The molecule has 2 aromatic heterocycles. The number of nitrogens with zero attached hydrogens (tertiary/aromatic N) is 5. The minimum Gasteiger partial charge on any atom is -0.495 e.